The maximum absolute atomic E-state index is 13.2. The number of nitrogens with one attached hydrogen (secondary N) is 2. The van der Waals surface area contributed by atoms with Gasteiger partial charge in [0.05, 0.1) is 26.0 Å². The highest BCUT2D eigenvalue weighted by Crippen LogP contribution is 2.11. The second-order valence-electron chi connectivity index (χ2n) is 6.49. The van der Waals surface area contributed by atoms with E-state index in [2.05, 4.69) is 15.4 Å². The van der Waals surface area contributed by atoms with E-state index in [-0.39, 0.29) is 24.4 Å². The van der Waals surface area contributed by atoms with E-state index in [1.54, 1.807) is 19.1 Å². The van der Waals surface area contributed by atoms with Crippen molar-refractivity contribution in [2.24, 2.45) is 0 Å². The van der Waals surface area contributed by atoms with E-state index in [1.165, 1.54) is 7.11 Å². The number of hydrogen-bond acceptors (Lipinski definition) is 5. The number of carbonyl (C=O) groups excluding carboxylic acids is 3. The van der Waals surface area contributed by atoms with E-state index in [0.717, 1.165) is 23.3 Å². The van der Waals surface area contributed by atoms with E-state index >= 15 is 0 Å². The molecule has 0 spiro atoms. The first kappa shape index (κ1) is 22.2. The van der Waals surface area contributed by atoms with Crippen LogP contribution in [0.25, 0.3) is 0 Å². The van der Waals surface area contributed by atoms with Crippen molar-refractivity contribution < 1.29 is 27.9 Å². The minimum Gasteiger partial charge on any atom is -0.469 e. The molecule has 2 amide bonds. The summed E-state index contributed by atoms with van der Waals surface area (Å²) in [5.74, 6) is -3.20. The highest BCUT2D eigenvalue weighted by Gasteiger charge is 2.17. The number of amides is 2. The summed E-state index contributed by atoms with van der Waals surface area (Å²) in [5, 5.41) is 5.18. The standard InChI is InChI=1S/C21H22F2N2O4/c1-13(24-12-16-6-4-3-5-15(16)10-20(27)29-2)21(28)25-19(26)9-14-7-17(22)11-18(23)8-14/h3-8,11,13,24H,9-10,12H2,1-2H3,(H,25,26,28)/t13-/m0/s1. The number of rotatable bonds is 8. The van der Waals surface area contributed by atoms with Gasteiger partial charge in [0.15, 0.2) is 0 Å². The maximum Gasteiger partial charge on any atom is 0.309 e. The van der Waals surface area contributed by atoms with Crippen molar-refractivity contribution in [1.82, 2.24) is 10.6 Å². The number of imide groups is 1. The molecule has 1 atom stereocenters. The summed E-state index contributed by atoms with van der Waals surface area (Å²) in [6.07, 6.45) is -0.216. The van der Waals surface area contributed by atoms with E-state index in [9.17, 15) is 23.2 Å². The Morgan fingerprint density at radius 2 is 1.62 bits per heavy atom. The number of methoxy groups -OCH3 is 1. The molecule has 2 aromatic rings. The van der Waals surface area contributed by atoms with Crippen molar-refractivity contribution in [2.45, 2.75) is 32.4 Å². The van der Waals surface area contributed by atoms with E-state index in [1.807, 2.05) is 12.1 Å². The Kier molecular flexibility index (Phi) is 7.97. The van der Waals surface area contributed by atoms with Crippen LogP contribution in [0.4, 0.5) is 8.78 Å². The summed E-state index contributed by atoms with van der Waals surface area (Å²) in [7, 11) is 1.31. The van der Waals surface area contributed by atoms with Crippen LogP contribution in [0.1, 0.15) is 23.6 Å². The zero-order chi connectivity index (χ0) is 21.4. The maximum atomic E-state index is 13.2. The number of benzene rings is 2. The first-order valence-electron chi connectivity index (χ1n) is 8.94. The van der Waals surface area contributed by atoms with Crippen LogP contribution in [-0.4, -0.2) is 30.9 Å². The van der Waals surface area contributed by atoms with Crippen molar-refractivity contribution in [3.8, 4) is 0 Å². The lowest BCUT2D eigenvalue weighted by Gasteiger charge is -2.15. The predicted octanol–water partition coefficient (Wildman–Crippen LogP) is 2.04. The third-order valence-electron chi connectivity index (χ3n) is 4.22. The highest BCUT2D eigenvalue weighted by atomic mass is 19.1. The molecule has 8 heteroatoms. The first-order chi connectivity index (χ1) is 13.8. The molecule has 29 heavy (non-hydrogen) atoms. The molecule has 0 fully saturated rings. The van der Waals surface area contributed by atoms with Crippen LogP contribution in [0.2, 0.25) is 0 Å². The Labute approximate surface area is 167 Å². The van der Waals surface area contributed by atoms with Crippen LogP contribution in [0.3, 0.4) is 0 Å². The summed E-state index contributed by atoms with van der Waals surface area (Å²) in [4.78, 5) is 35.7. The molecule has 0 aliphatic heterocycles. The Balaban J connectivity index is 1.89. The van der Waals surface area contributed by atoms with Gasteiger partial charge in [-0.3, -0.25) is 19.7 Å². The summed E-state index contributed by atoms with van der Waals surface area (Å²) in [5.41, 5.74) is 1.72. The number of esters is 1. The van der Waals surface area contributed by atoms with Crippen LogP contribution in [0, 0.1) is 11.6 Å². The molecule has 0 heterocycles. The lowest BCUT2D eigenvalue weighted by Crippen LogP contribution is -2.44. The predicted molar refractivity (Wildman–Crippen MR) is 102 cm³/mol. The van der Waals surface area contributed by atoms with Gasteiger partial charge in [0.2, 0.25) is 11.8 Å². The number of ether oxygens (including phenoxy) is 1. The van der Waals surface area contributed by atoms with Crippen LogP contribution in [0.5, 0.6) is 0 Å². The fraction of sp³-hybridized carbons (Fsp3) is 0.286. The van der Waals surface area contributed by atoms with Gasteiger partial charge < -0.3 is 10.1 Å². The quantitative estimate of drug-likeness (QED) is 0.658. The van der Waals surface area contributed by atoms with Crippen molar-refractivity contribution in [3.05, 3.63) is 70.8 Å². The molecule has 0 radical (unpaired) electrons. The number of halogens is 2. The fourth-order valence-corrected chi connectivity index (χ4v) is 2.67. The van der Waals surface area contributed by atoms with Crippen LogP contribution in [-0.2, 0) is 38.5 Å². The first-order valence-corrected chi connectivity index (χ1v) is 8.94. The minimum absolute atomic E-state index is 0.109. The van der Waals surface area contributed by atoms with Gasteiger partial charge in [0, 0.05) is 12.6 Å². The molecular formula is C21H22F2N2O4. The monoisotopic (exact) mass is 404 g/mol. The Hall–Kier alpha value is -3.13. The molecular weight excluding hydrogens is 382 g/mol. The second-order valence-corrected chi connectivity index (χ2v) is 6.49. The molecule has 2 N–H and O–H groups in total. The van der Waals surface area contributed by atoms with Gasteiger partial charge in [-0.15, -0.1) is 0 Å². The van der Waals surface area contributed by atoms with Gasteiger partial charge in [-0.05, 0) is 35.7 Å². The van der Waals surface area contributed by atoms with Gasteiger partial charge in [0.25, 0.3) is 0 Å². The summed E-state index contributed by atoms with van der Waals surface area (Å²) in [6.45, 7) is 1.87. The molecule has 0 bridgehead atoms. The molecule has 0 saturated carbocycles. The number of hydrogen-bond donors (Lipinski definition) is 2. The smallest absolute Gasteiger partial charge is 0.309 e. The van der Waals surface area contributed by atoms with E-state index in [4.69, 9.17) is 0 Å². The molecule has 154 valence electrons. The van der Waals surface area contributed by atoms with Crippen LogP contribution >= 0.6 is 0 Å². The SMILES string of the molecule is COC(=O)Cc1ccccc1CN[C@@H](C)C(=O)NC(=O)Cc1cc(F)cc(F)c1. The lowest BCUT2D eigenvalue weighted by atomic mass is 10.0. The molecule has 0 aromatic heterocycles. The second kappa shape index (κ2) is 10.4. The molecule has 2 rings (SSSR count). The summed E-state index contributed by atoms with van der Waals surface area (Å²) < 4.78 is 31.0. The lowest BCUT2D eigenvalue weighted by molar-refractivity contribution is -0.140. The van der Waals surface area contributed by atoms with Crippen molar-refractivity contribution >= 4 is 17.8 Å². The Morgan fingerprint density at radius 1 is 1.00 bits per heavy atom. The fourth-order valence-electron chi connectivity index (χ4n) is 2.67. The van der Waals surface area contributed by atoms with Crippen LogP contribution < -0.4 is 10.6 Å². The van der Waals surface area contributed by atoms with Crippen molar-refractivity contribution in [3.63, 3.8) is 0 Å². The van der Waals surface area contributed by atoms with Gasteiger partial charge in [-0.2, -0.15) is 0 Å². The molecule has 0 aliphatic carbocycles. The van der Waals surface area contributed by atoms with Gasteiger partial charge in [-0.1, -0.05) is 24.3 Å². The topological polar surface area (TPSA) is 84.5 Å². The summed E-state index contributed by atoms with van der Waals surface area (Å²) in [6, 6.07) is 9.28. The zero-order valence-electron chi connectivity index (χ0n) is 16.1. The van der Waals surface area contributed by atoms with Gasteiger partial charge >= 0.3 is 5.97 Å². The third kappa shape index (κ3) is 7.08. The number of carbonyl (C=O) groups is 3. The molecule has 0 saturated heterocycles. The highest BCUT2D eigenvalue weighted by molar-refractivity contribution is 5.98. The van der Waals surface area contributed by atoms with Gasteiger partial charge in [-0.25, -0.2) is 8.78 Å². The average Bonchev–Trinajstić information content (AvgIpc) is 2.65. The normalized spacial score (nSPS) is 11.6. The van der Waals surface area contributed by atoms with E-state index < -0.39 is 29.5 Å². The third-order valence-corrected chi connectivity index (χ3v) is 4.22. The summed E-state index contributed by atoms with van der Waals surface area (Å²) >= 11 is 0. The molecule has 0 unspecified atom stereocenters. The largest absolute Gasteiger partial charge is 0.469 e. The molecule has 2 aromatic carbocycles. The molecule has 6 nitrogen and oxygen atoms in total. The van der Waals surface area contributed by atoms with Crippen molar-refractivity contribution in [1.29, 1.82) is 0 Å². The molecule has 0 aliphatic rings. The van der Waals surface area contributed by atoms with Crippen molar-refractivity contribution in [2.75, 3.05) is 7.11 Å². The zero-order valence-corrected chi connectivity index (χ0v) is 16.1. The Bertz CT molecular complexity index is 882. The van der Waals surface area contributed by atoms with Crippen LogP contribution in [0.15, 0.2) is 42.5 Å². The van der Waals surface area contributed by atoms with E-state index in [0.29, 0.717) is 12.6 Å². The van der Waals surface area contributed by atoms with Gasteiger partial charge in [0.1, 0.15) is 11.6 Å². The minimum atomic E-state index is -0.792. The Morgan fingerprint density at radius 3 is 2.24 bits per heavy atom. The average molecular weight is 404 g/mol.